The normalized spacial score (nSPS) is 18.6. The number of aliphatic hydroxyl groups is 1. The molecule has 3 nitrogen and oxygen atoms in total. The summed E-state index contributed by atoms with van der Waals surface area (Å²) in [6, 6.07) is 5.54. The molecule has 1 aliphatic heterocycles. The number of hydrogen-bond donors (Lipinski definition) is 2. The first kappa shape index (κ1) is 13.7. The second kappa shape index (κ2) is 6.41. The summed E-state index contributed by atoms with van der Waals surface area (Å²) in [5.41, 5.74) is 0.982. The highest BCUT2D eigenvalue weighted by Gasteiger charge is 2.22. The topological polar surface area (TPSA) is 41.5 Å². The molecule has 1 fully saturated rings. The Morgan fingerprint density at radius 3 is 2.83 bits per heavy atom. The maximum absolute atomic E-state index is 10.3. The number of rotatable bonds is 4. The molecule has 1 aromatic rings. The molecular weight excluding hydrogens is 250 g/mol. The molecule has 18 heavy (non-hydrogen) atoms. The van der Waals surface area contributed by atoms with Crippen LogP contribution < -0.4 is 10.1 Å². The van der Waals surface area contributed by atoms with E-state index in [-0.39, 0.29) is 6.10 Å². The van der Waals surface area contributed by atoms with Crippen LogP contribution in [0.3, 0.4) is 0 Å². The van der Waals surface area contributed by atoms with E-state index >= 15 is 0 Å². The molecule has 1 atom stereocenters. The second-order valence-corrected chi connectivity index (χ2v) is 5.25. The molecule has 1 heterocycles. The first-order chi connectivity index (χ1) is 8.70. The average molecular weight is 270 g/mol. The number of benzene rings is 1. The summed E-state index contributed by atoms with van der Waals surface area (Å²) in [6.45, 7) is 1.99. The van der Waals surface area contributed by atoms with E-state index in [2.05, 4.69) is 5.32 Å². The van der Waals surface area contributed by atoms with E-state index in [9.17, 15) is 5.11 Å². The Balaban J connectivity index is 2.05. The largest absolute Gasteiger partial charge is 0.496 e. The van der Waals surface area contributed by atoms with Gasteiger partial charge in [0, 0.05) is 11.4 Å². The fourth-order valence-electron chi connectivity index (χ4n) is 2.53. The molecule has 0 aromatic heterocycles. The van der Waals surface area contributed by atoms with Crippen LogP contribution in [0.15, 0.2) is 18.2 Å². The number of aliphatic hydroxyl groups excluding tert-OH is 1. The zero-order valence-corrected chi connectivity index (χ0v) is 11.4. The Labute approximate surface area is 113 Å². The standard InChI is InChI=1S/C14H20ClNO2/c1-18-14-3-2-12(15)8-11(14)9-13(17)10-4-6-16-7-5-10/h2-3,8,10,13,16-17H,4-7,9H2,1H3. The number of halogens is 1. The smallest absolute Gasteiger partial charge is 0.122 e. The van der Waals surface area contributed by atoms with Gasteiger partial charge in [-0.05, 0) is 55.6 Å². The minimum absolute atomic E-state index is 0.320. The van der Waals surface area contributed by atoms with Crippen LogP contribution in [0.1, 0.15) is 18.4 Å². The maximum Gasteiger partial charge on any atom is 0.122 e. The average Bonchev–Trinajstić information content (AvgIpc) is 2.40. The van der Waals surface area contributed by atoms with E-state index in [1.54, 1.807) is 13.2 Å². The third-order valence-electron chi connectivity index (χ3n) is 3.60. The van der Waals surface area contributed by atoms with Crippen LogP contribution in [0.25, 0.3) is 0 Å². The molecule has 1 unspecified atom stereocenters. The number of piperidine rings is 1. The lowest BCUT2D eigenvalue weighted by atomic mass is 9.88. The third-order valence-corrected chi connectivity index (χ3v) is 3.83. The van der Waals surface area contributed by atoms with Crippen LogP contribution >= 0.6 is 11.6 Å². The molecule has 4 heteroatoms. The summed E-state index contributed by atoms with van der Waals surface area (Å²) in [5, 5.41) is 14.3. The van der Waals surface area contributed by atoms with Crippen molar-refractivity contribution in [1.82, 2.24) is 5.32 Å². The minimum Gasteiger partial charge on any atom is -0.496 e. The molecule has 0 amide bonds. The monoisotopic (exact) mass is 269 g/mol. The lowest BCUT2D eigenvalue weighted by molar-refractivity contribution is 0.0885. The molecule has 0 radical (unpaired) electrons. The van der Waals surface area contributed by atoms with Crippen LogP contribution in [-0.2, 0) is 6.42 Å². The van der Waals surface area contributed by atoms with Crippen molar-refractivity contribution in [2.24, 2.45) is 5.92 Å². The van der Waals surface area contributed by atoms with Gasteiger partial charge in [0.1, 0.15) is 5.75 Å². The van der Waals surface area contributed by atoms with E-state index in [0.717, 1.165) is 37.2 Å². The Kier molecular flexibility index (Phi) is 4.87. The van der Waals surface area contributed by atoms with E-state index in [1.165, 1.54) is 0 Å². The first-order valence-corrected chi connectivity index (χ1v) is 6.79. The van der Waals surface area contributed by atoms with Crippen LogP contribution in [-0.4, -0.2) is 31.4 Å². The summed E-state index contributed by atoms with van der Waals surface area (Å²) in [5.74, 6) is 1.17. The third kappa shape index (κ3) is 3.37. The highest BCUT2D eigenvalue weighted by molar-refractivity contribution is 6.30. The molecule has 1 saturated heterocycles. The van der Waals surface area contributed by atoms with Crippen molar-refractivity contribution in [3.63, 3.8) is 0 Å². The van der Waals surface area contributed by atoms with Crippen molar-refractivity contribution in [3.8, 4) is 5.75 Å². The molecule has 0 spiro atoms. The van der Waals surface area contributed by atoms with Gasteiger partial charge in [-0.3, -0.25) is 0 Å². The van der Waals surface area contributed by atoms with Crippen LogP contribution in [0.4, 0.5) is 0 Å². The SMILES string of the molecule is COc1ccc(Cl)cc1CC(O)C1CCNCC1. The van der Waals surface area contributed by atoms with Gasteiger partial charge in [0.2, 0.25) is 0 Å². The predicted molar refractivity (Wildman–Crippen MR) is 73.3 cm³/mol. The summed E-state index contributed by atoms with van der Waals surface area (Å²) < 4.78 is 5.31. The van der Waals surface area contributed by atoms with Crippen LogP contribution in [0.5, 0.6) is 5.75 Å². The summed E-state index contributed by atoms with van der Waals surface area (Å²) in [6.07, 6.45) is 2.35. The molecule has 100 valence electrons. The van der Waals surface area contributed by atoms with Gasteiger partial charge in [-0.2, -0.15) is 0 Å². The van der Waals surface area contributed by atoms with Gasteiger partial charge in [0.15, 0.2) is 0 Å². The molecule has 0 saturated carbocycles. The maximum atomic E-state index is 10.3. The van der Waals surface area contributed by atoms with Crippen molar-refractivity contribution in [1.29, 1.82) is 0 Å². The van der Waals surface area contributed by atoms with Gasteiger partial charge in [-0.15, -0.1) is 0 Å². The Morgan fingerprint density at radius 1 is 1.44 bits per heavy atom. The van der Waals surface area contributed by atoms with Crippen molar-refractivity contribution in [3.05, 3.63) is 28.8 Å². The summed E-state index contributed by atoms with van der Waals surface area (Å²) in [4.78, 5) is 0. The number of nitrogens with one attached hydrogen (secondary N) is 1. The fraction of sp³-hybridized carbons (Fsp3) is 0.571. The molecule has 2 N–H and O–H groups in total. The zero-order chi connectivity index (χ0) is 13.0. The second-order valence-electron chi connectivity index (χ2n) is 4.82. The van der Waals surface area contributed by atoms with Gasteiger partial charge < -0.3 is 15.2 Å². The molecule has 1 aromatic carbocycles. The lowest BCUT2D eigenvalue weighted by Gasteiger charge is -2.27. The van der Waals surface area contributed by atoms with Gasteiger partial charge in [0.05, 0.1) is 13.2 Å². The number of ether oxygens (including phenoxy) is 1. The van der Waals surface area contributed by atoms with Gasteiger partial charge in [-0.1, -0.05) is 11.6 Å². The van der Waals surface area contributed by atoms with Crippen molar-refractivity contribution < 1.29 is 9.84 Å². The molecule has 0 aliphatic carbocycles. The van der Waals surface area contributed by atoms with Crippen LogP contribution in [0, 0.1) is 5.92 Å². The minimum atomic E-state index is -0.320. The first-order valence-electron chi connectivity index (χ1n) is 6.42. The number of methoxy groups -OCH3 is 1. The Hall–Kier alpha value is -0.770. The van der Waals surface area contributed by atoms with E-state index in [4.69, 9.17) is 16.3 Å². The predicted octanol–water partition coefficient (Wildman–Crippen LogP) is 2.25. The summed E-state index contributed by atoms with van der Waals surface area (Å²) in [7, 11) is 1.64. The highest BCUT2D eigenvalue weighted by atomic mass is 35.5. The molecule has 2 rings (SSSR count). The van der Waals surface area contributed by atoms with E-state index < -0.39 is 0 Å². The van der Waals surface area contributed by atoms with Crippen molar-refractivity contribution >= 4 is 11.6 Å². The van der Waals surface area contributed by atoms with Crippen molar-refractivity contribution in [2.75, 3.05) is 20.2 Å². The van der Waals surface area contributed by atoms with Gasteiger partial charge in [-0.25, -0.2) is 0 Å². The van der Waals surface area contributed by atoms with Gasteiger partial charge >= 0.3 is 0 Å². The quantitative estimate of drug-likeness (QED) is 0.881. The Morgan fingerprint density at radius 2 is 2.17 bits per heavy atom. The fourth-order valence-corrected chi connectivity index (χ4v) is 2.72. The van der Waals surface area contributed by atoms with Crippen molar-refractivity contribution in [2.45, 2.75) is 25.4 Å². The number of hydrogen-bond acceptors (Lipinski definition) is 3. The Bertz CT molecular complexity index is 391. The summed E-state index contributed by atoms with van der Waals surface area (Å²) >= 11 is 6.00. The lowest BCUT2D eigenvalue weighted by Crippen LogP contribution is -2.35. The molecular formula is C14H20ClNO2. The molecule has 1 aliphatic rings. The van der Waals surface area contributed by atoms with E-state index in [0.29, 0.717) is 17.4 Å². The van der Waals surface area contributed by atoms with Crippen LogP contribution in [0.2, 0.25) is 5.02 Å². The molecule has 0 bridgehead atoms. The zero-order valence-electron chi connectivity index (χ0n) is 10.7. The highest BCUT2D eigenvalue weighted by Crippen LogP contribution is 2.27. The van der Waals surface area contributed by atoms with E-state index in [1.807, 2.05) is 12.1 Å². The van der Waals surface area contributed by atoms with Gasteiger partial charge in [0.25, 0.3) is 0 Å².